The molecule has 8 heteroatoms. The van der Waals surface area contributed by atoms with E-state index in [-0.39, 0.29) is 11.2 Å². The van der Waals surface area contributed by atoms with Crippen molar-refractivity contribution in [2.45, 2.75) is 0 Å². The van der Waals surface area contributed by atoms with E-state index in [0.29, 0.717) is 0 Å². The van der Waals surface area contributed by atoms with Crippen molar-refractivity contribution < 1.29 is 22.9 Å². The molecule has 3 N–H and O–H groups in total. The number of sulfonamides is 1. The minimum atomic E-state index is -3.47. The molecule has 0 aliphatic carbocycles. The third kappa shape index (κ3) is 3.50. The topological polar surface area (TPSA) is 86.6 Å². The molecular weight excluding hydrogens is 224 g/mol. The highest BCUT2D eigenvalue weighted by molar-refractivity contribution is 7.92. The zero-order valence-electron chi connectivity index (χ0n) is 7.81. The predicted octanol–water partition coefficient (Wildman–Crippen LogP) is -1.12. The predicted molar refractivity (Wildman–Crippen MR) is 54.7 cm³/mol. The Kier molecular flexibility index (Phi) is 3.33. The lowest BCUT2D eigenvalue weighted by atomic mass is 9.80. The SMILES string of the molecule is CS(=O)(=O)Nc1ccc(B(O)O)c(F)c1. The first-order chi connectivity index (χ1) is 6.79. The van der Waals surface area contributed by atoms with Crippen LogP contribution in [0.15, 0.2) is 18.2 Å². The molecule has 15 heavy (non-hydrogen) atoms. The van der Waals surface area contributed by atoms with E-state index < -0.39 is 23.0 Å². The maximum Gasteiger partial charge on any atom is 0.491 e. The Morgan fingerprint density at radius 3 is 2.40 bits per heavy atom. The number of hydrogen-bond acceptors (Lipinski definition) is 4. The Morgan fingerprint density at radius 1 is 1.40 bits per heavy atom. The van der Waals surface area contributed by atoms with E-state index in [1.54, 1.807) is 0 Å². The van der Waals surface area contributed by atoms with Crippen molar-refractivity contribution in [1.82, 2.24) is 0 Å². The largest absolute Gasteiger partial charge is 0.491 e. The molecule has 0 spiro atoms. The fourth-order valence-electron chi connectivity index (χ4n) is 1.01. The molecule has 82 valence electrons. The first kappa shape index (κ1) is 12.0. The summed E-state index contributed by atoms with van der Waals surface area (Å²) in [6.07, 6.45) is 0.930. The van der Waals surface area contributed by atoms with Crippen molar-refractivity contribution in [1.29, 1.82) is 0 Å². The van der Waals surface area contributed by atoms with E-state index in [1.807, 2.05) is 0 Å². The number of hydrogen-bond donors (Lipinski definition) is 3. The third-order valence-electron chi connectivity index (χ3n) is 1.58. The van der Waals surface area contributed by atoms with Crippen molar-refractivity contribution >= 4 is 28.3 Å². The maximum atomic E-state index is 13.1. The first-order valence-electron chi connectivity index (χ1n) is 3.93. The van der Waals surface area contributed by atoms with Crippen LogP contribution >= 0.6 is 0 Å². The van der Waals surface area contributed by atoms with Crippen LogP contribution in [0.3, 0.4) is 0 Å². The average molecular weight is 233 g/mol. The first-order valence-corrected chi connectivity index (χ1v) is 5.82. The zero-order chi connectivity index (χ0) is 11.6. The maximum absolute atomic E-state index is 13.1. The fourth-order valence-corrected chi connectivity index (χ4v) is 1.57. The van der Waals surface area contributed by atoms with Gasteiger partial charge in [0.15, 0.2) is 0 Å². The lowest BCUT2D eigenvalue weighted by molar-refractivity contribution is 0.423. The molecule has 0 saturated carbocycles. The van der Waals surface area contributed by atoms with E-state index >= 15 is 0 Å². The molecule has 0 aliphatic heterocycles. The minimum absolute atomic E-state index is 0.0272. The normalized spacial score (nSPS) is 11.2. The highest BCUT2D eigenvalue weighted by Crippen LogP contribution is 2.09. The molecule has 0 atom stereocenters. The molecular formula is C7H9BFNO4S. The lowest BCUT2D eigenvalue weighted by Gasteiger charge is -2.06. The highest BCUT2D eigenvalue weighted by atomic mass is 32.2. The Morgan fingerprint density at radius 2 is 2.00 bits per heavy atom. The molecule has 0 aliphatic rings. The lowest BCUT2D eigenvalue weighted by Crippen LogP contribution is -2.32. The Labute approximate surface area is 86.8 Å². The molecule has 0 bridgehead atoms. The van der Waals surface area contributed by atoms with E-state index in [9.17, 15) is 12.8 Å². The summed E-state index contributed by atoms with van der Waals surface area (Å²) in [5.74, 6) is -0.890. The van der Waals surface area contributed by atoms with E-state index in [0.717, 1.165) is 18.4 Å². The minimum Gasteiger partial charge on any atom is -0.423 e. The number of halogens is 1. The molecule has 0 heterocycles. The molecule has 0 unspecified atom stereocenters. The monoisotopic (exact) mass is 233 g/mol. The molecule has 1 aromatic carbocycles. The van der Waals surface area contributed by atoms with Crippen LogP contribution in [0, 0.1) is 5.82 Å². The van der Waals surface area contributed by atoms with Crippen molar-refractivity contribution in [2.24, 2.45) is 0 Å². The van der Waals surface area contributed by atoms with Crippen molar-refractivity contribution in [2.75, 3.05) is 11.0 Å². The van der Waals surface area contributed by atoms with Crippen LogP contribution in [-0.2, 0) is 10.0 Å². The van der Waals surface area contributed by atoms with E-state index in [2.05, 4.69) is 4.72 Å². The summed E-state index contributed by atoms with van der Waals surface area (Å²) in [6.45, 7) is 0. The van der Waals surface area contributed by atoms with Gasteiger partial charge in [-0.25, -0.2) is 12.8 Å². The second-order valence-electron chi connectivity index (χ2n) is 2.98. The highest BCUT2D eigenvalue weighted by Gasteiger charge is 2.16. The summed E-state index contributed by atoms with van der Waals surface area (Å²) in [6, 6.07) is 3.20. The second-order valence-corrected chi connectivity index (χ2v) is 4.73. The smallest absolute Gasteiger partial charge is 0.423 e. The van der Waals surface area contributed by atoms with Crippen molar-refractivity contribution in [3.05, 3.63) is 24.0 Å². The molecule has 0 saturated heterocycles. The van der Waals surface area contributed by atoms with Gasteiger partial charge in [0.25, 0.3) is 0 Å². The van der Waals surface area contributed by atoms with Crippen LogP contribution in [0.5, 0.6) is 0 Å². The van der Waals surface area contributed by atoms with Gasteiger partial charge in [0.05, 0.1) is 11.9 Å². The molecule has 5 nitrogen and oxygen atoms in total. The van der Waals surface area contributed by atoms with Gasteiger partial charge < -0.3 is 10.0 Å². The van der Waals surface area contributed by atoms with Gasteiger partial charge in [0.2, 0.25) is 10.0 Å². The molecule has 1 rings (SSSR count). The van der Waals surface area contributed by atoms with Crippen LogP contribution in [0.2, 0.25) is 0 Å². The van der Waals surface area contributed by atoms with Gasteiger partial charge in [0, 0.05) is 5.46 Å². The van der Waals surface area contributed by atoms with E-state index in [4.69, 9.17) is 10.0 Å². The van der Waals surface area contributed by atoms with E-state index in [1.165, 1.54) is 6.07 Å². The summed E-state index contributed by atoms with van der Waals surface area (Å²) < 4.78 is 36.8. The molecule has 0 amide bonds. The van der Waals surface area contributed by atoms with Gasteiger partial charge in [0.1, 0.15) is 5.82 Å². The molecule has 0 fully saturated rings. The summed E-state index contributed by atoms with van der Waals surface area (Å²) in [5.41, 5.74) is -0.284. The van der Waals surface area contributed by atoms with Gasteiger partial charge in [-0.1, -0.05) is 6.07 Å². The summed E-state index contributed by atoms with van der Waals surface area (Å²) in [7, 11) is -5.39. The Hall–Kier alpha value is -1.12. The van der Waals surface area contributed by atoms with Crippen molar-refractivity contribution in [3.63, 3.8) is 0 Å². The second kappa shape index (κ2) is 4.17. The third-order valence-corrected chi connectivity index (χ3v) is 2.19. The number of benzene rings is 1. The van der Waals surface area contributed by atoms with Crippen LogP contribution in [0.25, 0.3) is 0 Å². The van der Waals surface area contributed by atoms with Crippen LogP contribution < -0.4 is 10.2 Å². The van der Waals surface area contributed by atoms with Gasteiger partial charge >= 0.3 is 7.12 Å². The van der Waals surface area contributed by atoms with Crippen LogP contribution in [0.4, 0.5) is 10.1 Å². The molecule has 0 radical (unpaired) electrons. The van der Waals surface area contributed by atoms with Crippen LogP contribution in [0.1, 0.15) is 0 Å². The van der Waals surface area contributed by atoms with Gasteiger partial charge in [-0.3, -0.25) is 4.72 Å². The van der Waals surface area contributed by atoms with Gasteiger partial charge in [-0.05, 0) is 12.1 Å². The van der Waals surface area contributed by atoms with Crippen molar-refractivity contribution in [3.8, 4) is 0 Å². The summed E-state index contributed by atoms with van der Waals surface area (Å²) in [5, 5.41) is 17.4. The number of nitrogens with one attached hydrogen (secondary N) is 1. The number of rotatable bonds is 3. The fraction of sp³-hybridized carbons (Fsp3) is 0.143. The average Bonchev–Trinajstić information content (AvgIpc) is 1.99. The molecule has 0 aromatic heterocycles. The summed E-state index contributed by atoms with van der Waals surface area (Å²) >= 11 is 0. The zero-order valence-corrected chi connectivity index (χ0v) is 8.62. The summed E-state index contributed by atoms with van der Waals surface area (Å²) in [4.78, 5) is 0. The van der Waals surface area contributed by atoms with Gasteiger partial charge in [-0.2, -0.15) is 0 Å². The number of anilines is 1. The molecule has 1 aromatic rings. The quantitative estimate of drug-likeness (QED) is 0.577. The Bertz CT molecular complexity index is 462. The standard InChI is InChI=1S/C7H9BFNO4S/c1-15(13,14)10-5-2-3-6(8(11)12)7(9)4-5/h2-4,10-12H,1H3. The Balaban J connectivity index is 3.02. The van der Waals surface area contributed by atoms with Gasteiger partial charge in [-0.15, -0.1) is 0 Å². The van der Waals surface area contributed by atoms with Crippen LogP contribution in [-0.4, -0.2) is 31.8 Å².